The summed E-state index contributed by atoms with van der Waals surface area (Å²) in [6, 6.07) is 12.9. The standard InChI is InChI=1S/C26H29FN2O4/c1-17-14-18(2)16-28(15-17)24-23(19-4-6-20(27)7-5-19)25(30)29(26(24)31)12-13-33-22-10-8-21(32-3)9-11-22/h4-11,17-18H,12-16H2,1-3H3. The Balaban J connectivity index is 1.56. The lowest BCUT2D eigenvalue weighted by atomic mass is 9.91. The molecule has 2 amide bonds. The van der Waals surface area contributed by atoms with Crippen molar-refractivity contribution in [1.29, 1.82) is 0 Å². The number of carbonyl (C=O) groups is 2. The van der Waals surface area contributed by atoms with Gasteiger partial charge in [0.1, 0.15) is 29.6 Å². The van der Waals surface area contributed by atoms with Crippen LogP contribution in [0.1, 0.15) is 25.8 Å². The van der Waals surface area contributed by atoms with Gasteiger partial charge in [0.2, 0.25) is 0 Å². The van der Waals surface area contributed by atoms with Gasteiger partial charge in [-0.3, -0.25) is 14.5 Å². The second kappa shape index (κ2) is 9.65. The summed E-state index contributed by atoms with van der Waals surface area (Å²) >= 11 is 0. The van der Waals surface area contributed by atoms with Gasteiger partial charge in [-0.05, 0) is 60.2 Å². The molecule has 174 valence electrons. The van der Waals surface area contributed by atoms with E-state index in [0.29, 0.717) is 47.5 Å². The third-order valence-electron chi connectivity index (χ3n) is 6.10. The van der Waals surface area contributed by atoms with Gasteiger partial charge in [0.15, 0.2) is 0 Å². The molecule has 0 radical (unpaired) electrons. The van der Waals surface area contributed by atoms with Crippen molar-refractivity contribution >= 4 is 17.4 Å². The van der Waals surface area contributed by atoms with E-state index in [4.69, 9.17) is 9.47 Å². The van der Waals surface area contributed by atoms with Crippen molar-refractivity contribution in [3.63, 3.8) is 0 Å². The Kier molecular flexibility index (Phi) is 6.67. The van der Waals surface area contributed by atoms with E-state index in [9.17, 15) is 14.0 Å². The van der Waals surface area contributed by atoms with E-state index in [-0.39, 0.29) is 30.8 Å². The second-order valence-electron chi connectivity index (χ2n) is 8.87. The van der Waals surface area contributed by atoms with Crippen LogP contribution >= 0.6 is 0 Å². The van der Waals surface area contributed by atoms with Gasteiger partial charge in [-0.25, -0.2) is 4.39 Å². The van der Waals surface area contributed by atoms with Crippen LogP contribution in [0.2, 0.25) is 0 Å². The zero-order chi connectivity index (χ0) is 23.5. The van der Waals surface area contributed by atoms with Crippen molar-refractivity contribution in [1.82, 2.24) is 9.80 Å². The van der Waals surface area contributed by atoms with Crippen molar-refractivity contribution in [3.8, 4) is 11.5 Å². The Morgan fingerprint density at radius 3 is 2.12 bits per heavy atom. The third-order valence-corrected chi connectivity index (χ3v) is 6.10. The fourth-order valence-corrected chi connectivity index (χ4v) is 4.71. The first-order valence-corrected chi connectivity index (χ1v) is 11.3. The van der Waals surface area contributed by atoms with Crippen LogP contribution in [-0.4, -0.2) is 55.0 Å². The molecule has 0 bridgehead atoms. The quantitative estimate of drug-likeness (QED) is 0.595. The van der Waals surface area contributed by atoms with Crippen molar-refractivity contribution < 1.29 is 23.5 Å². The number of halogens is 1. The number of hydrogen-bond donors (Lipinski definition) is 0. The van der Waals surface area contributed by atoms with Crippen LogP contribution in [0.5, 0.6) is 11.5 Å². The molecule has 1 saturated heterocycles. The number of rotatable bonds is 7. The maximum atomic E-state index is 13.5. The molecular formula is C26H29FN2O4. The van der Waals surface area contributed by atoms with E-state index in [1.54, 1.807) is 43.5 Å². The molecule has 2 atom stereocenters. The van der Waals surface area contributed by atoms with E-state index < -0.39 is 0 Å². The Hall–Kier alpha value is -3.35. The summed E-state index contributed by atoms with van der Waals surface area (Å²) in [5, 5.41) is 0. The highest BCUT2D eigenvalue weighted by atomic mass is 19.1. The lowest BCUT2D eigenvalue weighted by Gasteiger charge is -2.37. The van der Waals surface area contributed by atoms with Crippen molar-refractivity contribution in [2.75, 3.05) is 33.4 Å². The number of piperidine rings is 1. The minimum Gasteiger partial charge on any atom is -0.497 e. The SMILES string of the molecule is COc1ccc(OCCN2C(=O)C(c3ccc(F)cc3)=C(N3CC(C)CC(C)C3)C2=O)cc1. The Morgan fingerprint density at radius 1 is 0.909 bits per heavy atom. The van der Waals surface area contributed by atoms with Crippen LogP contribution in [0.25, 0.3) is 5.57 Å². The van der Waals surface area contributed by atoms with E-state index >= 15 is 0 Å². The van der Waals surface area contributed by atoms with Crippen LogP contribution < -0.4 is 9.47 Å². The maximum absolute atomic E-state index is 13.5. The molecule has 1 fully saturated rings. The van der Waals surface area contributed by atoms with Crippen LogP contribution in [0.15, 0.2) is 54.2 Å². The number of hydrogen-bond acceptors (Lipinski definition) is 5. The molecular weight excluding hydrogens is 423 g/mol. The minimum atomic E-state index is -0.386. The second-order valence-corrected chi connectivity index (χ2v) is 8.87. The monoisotopic (exact) mass is 452 g/mol. The summed E-state index contributed by atoms with van der Waals surface area (Å²) in [5.74, 6) is 1.08. The highest BCUT2D eigenvalue weighted by molar-refractivity contribution is 6.35. The van der Waals surface area contributed by atoms with Gasteiger partial charge in [0.25, 0.3) is 11.8 Å². The van der Waals surface area contributed by atoms with Crippen molar-refractivity contribution in [3.05, 3.63) is 65.6 Å². The Morgan fingerprint density at radius 2 is 1.52 bits per heavy atom. The number of nitrogens with zero attached hydrogens (tertiary/aromatic N) is 2. The molecule has 0 saturated carbocycles. The predicted octanol–water partition coefficient (Wildman–Crippen LogP) is 3.97. The number of amides is 2. The first-order valence-electron chi connectivity index (χ1n) is 11.3. The molecule has 0 aliphatic carbocycles. The van der Waals surface area contributed by atoms with Crippen molar-refractivity contribution in [2.45, 2.75) is 20.3 Å². The number of carbonyl (C=O) groups excluding carboxylic acids is 2. The normalized spacial score (nSPS) is 21.1. The molecule has 2 aromatic carbocycles. The molecule has 6 nitrogen and oxygen atoms in total. The van der Waals surface area contributed by atoms with Gasteiger partial charge in [-0.1, -0.05) is 26.0 Å². The van der Waals surface area contributed by atoms with Gasteiger partial charge < -0.3 is 14.4 Å². The lowest BCUT2D eigenvalue weighted by Crippen LogP contribution is -2.42. The smallest absolute Gasteiger partial charge is 0.277 e. The average molecular weight is 453 g/mol. The van der Waals surface area contributed by atoms with Gasteiger partial charge in [-0.2, -0.15) is 0 Å². The largest absolute Gasteiger partial charge is 0.497 e. The fraction of sp³-hybridized carbons (Fsp3) is 0.385. The highest BCUT2D eigenvalue weighted by Crippen LogP contribution is 2.35. The molecule has 0 aromatic heterocycles. The first-order chi connectivity index (χ1) is 15.9. The molecule has 2 heterocycles. The summed E-state index contributed by atoms with van der Waals surface area (Å²) in [6.45, 7) is 6.02. The van der Waals surface area contributed by atoms with Crippen molar-refractivity contribution in [2.24, 2.45) is 11.8 Å². The molecule has 33 heavy (non-hydrogen) atoms. The van der Waals surface area contributed by atoms with Crippen LogP contribution in [-0.2, 0) is 9.59 Å². The number of methoxy groups -OCH3 is 1. The number of benzene rings is 2. The molecule has 2 aliphatic rings. The van der Waals surface area contributed by atoms with Crippen LogP contribution in [0.4, 0.5) is 4.39 Å². The number of ether oxygens (including phenoxy) is 2. The maximum Gasteiger partial charge on any atom is 0.277 e. The molecule has 0 N–H and O–H groups in total. The lowest BCUT2D eigenvalue weighted by molar-refractivity contribution is -0.138. The van der Waals surface area contributed by atoms with E-state index in [1.807, 2.05) is 4.90 Å². The Labute approximate surface area is 193 Å². The Bertz CT molecular complexity index is 1040. The summed E-state index contributed by atoms with van der Waals surface area (Å²) in [7, 11) is 1.59. The molecule has 2 aromatic rings. The predicted molar refractivity (Wildman–Crippen MR) is 123 cm³/mol. The summed E-state index contributed by atoms with van der Waals surface area (Å²) in [4.78, 5) is 30.1. The van der Waals surface area contributed by atoms with Gasteiger partial charge in [-0.15, -0.1) is 0 Å². The minimum absolute atomic E-state index is 0.122. The zero-order valence-corrected chi connectivity index (χ0v) is 19.2. The van der Waals surface area contributed by atoms with Gasteiger partial charge in [0, 0.05) is 13.1 Å². The summed E-state index contributed by atoms with van der Waals surface area (Å²) in [6.07, 6.45) is 1.08. The fourth-order valence-electron chi connectivity index (χ4n) is 4.71. The molecule has 0 spiro atoms. The van der Waals surface area contributed by atoms with E-state index in [0.717, 1.165) is 12.2 Å². The van der Waals surface area contributed by atoms with Crippen LogP contribution in [0, 0.1) is 17.7 Å². The van der Waals surface area contributed by atoms with E-state index in [2.05, 4.69) is 13.8 Å². The van der Waals surface area contributed by atoms with Gasteiger partial charge >= 0.3 is 0 Å². The number of imide groups is 1. The average Bonchev–Trinajstić information content (AvgIpc) is 3.04. The summed E-state index contributed by atoms with van der Waals surface area (Å²) < 4.78 is 24.4. The molecule has 4 rings (SSSR count). The van der Waals surface area contributed by atoms with E-state index in [1.165, 1.54) is 17.0 Å². The van der Waals surface area contributed by atoms with Crippen LogP contribution in [0.3, 0.4) is 0 Å². The third kappa shape index (κ3) is 4.87. The first kappa shape index (κ1) is 22.8. The molecule has 7 heteroatoms. The topological polar surface area (TPSA) is 59.1 Å². The molecule has 2 unspecified atom stereocenters. The highest BCUT2D eigenvalue weighted by Gasteiger charge is 2.42. The molecule has 2 aliphatic heterocycles. The summed E-state index contributed by atoms with van der Waals surface area (Å²) in [5.41, 5.74) is 1.30. The number of likely N-dealkylation sites (tertiary alicyclic amines) is 1. The van der Waals surface area contributed by atoms with Gasteiger partial charge in [0.05, 0.1) is 19.2 Å². The zero-order valence-electron chi connectivity index (χ0n) is 19.2.